The van der Waals surface area contributed by atoms with Gasteiger partial charge in [-0.1, -0.05) is 6.92 Å². The topological polar surface area (TPSA) is 96.6 Å². The largest absolute Gasteiger partial charge is 0.475 e. The van der Waals surface area contributed by atoms with Crippen LogP contribution in [0.25, 0.3) is 0 Å². The highest BCUT2D eigenvalue weighted by atomic mass is 32.2. The van der Waals surface area contributed by atoms with E-state index in [0.29, 0.717) is 0 Å². The summed E-state index contributed by atoms with van der Waals surface area (Å²) in [5.74, 6) is -1.89. The average molecular weight is 301 g/mol. The lowest BCUT2D eigenvalue weighted by molar-refractivity contribution is -0.122. The SMILES string of the molecule is CCC(C)(C)NC(=O)C(C)S(=O)c1ccc(C(=O)O)o1. The van der Waals surface area contributed by atoms with Gasteiger partial charge in [0.15, 0.2) is 5.09 Å². The predicted molar refractivity (Wildman–Crippen MR) is 74.1 cm³/mol. The van der Waals surface area contributed by atoms with Gasteiger partial charge in [-0.3, -0.25) is 9.00 Å². The molecule has 0 fully saturated rings. The zero-order chi connectivity index (χ0) is 15.5. The van der Waals surface area contributed by atoms with Crippen molar-refractivity contribution in [1.82, 2.24) is 5.32 Å². The van der Waals surface area contributed by atoms with Gasteiger partial charge in [-0.2, -0.15) is 0 Å². The van der Waals surface area contributed by atoms with Crippen LogP contribution in [0.3, 0.4) is 0 Å². The molecule has 0 saturated heterocycles. The summed E-state index contributed by atoms with van der Waals surface area (Å²) in [7, 11) is -1.73. The molecule has 1 heterocycles. The summed E-state index contributed by atoms with van der Waals surface area (Å²) < 4.78 is 17.1. The summed E-state index contributed by atoms with van der Waals surface area (Å²) in [5, 5.41) is 10.7. The van der Waals surface area contributed by atoms with Gasteiger partial charge in [-0.15, -0.1) is 0 Å². The second-order valence-corrected chi connectivity index (χ2v) is 6.79. The number of hydrogen-bond acceptors (Lipinski definition) is 4. The third-order valence-corrected chi connectivity index (χ3v) is 4.50. The van der Waals surface area contributed by atoms with Gasteiger partial charge in [-0.25, -0.2) is 4.79 Å². The Morgan fingerprint density at radius 2 is 2.05 bits per heavy atom. The van der Waals surface area contributed by atoms with Crippen molar-refractivity contribution in [3.63, 3.8) is 0 Å². The molecule has 0 saturated carbocycles. The molecular weight excluding hydrogens is 282 g/mol. The molecule has 2 N–H and O–H groups in total. The fourth-order valence-electron chi connectivity index (χ4n) is 1.34. The zero-order valence-corrected chi connectivity index (χ0v) is 12.7. The Kier molecular flexibility index (Phi) is 5.10. The van der Waals surface area contributed by atoms with Crippen LogP contribution in [0.1, 0.15) is 44.7 Å². The van der Waals surface area contributed by atoms with Crippen molar-refractivity contribution in [2.45, 2.75) is 50.0 Å². The lowest BCUT2D eigenvalue weighted by Gasteiger charge is -2.26. The van der Waals surface area contributed by atoms with E-state index in [1.165, 1.54) is 19.1 Å². The van der Waals surface area contributed by atoms with E-state index in [2.05, 4.69) is 5.32 Å². The first-order valence-electron chi connectivity index (χ1n) is 6.23. The van der Waals surface area contributed by atoms with Gasteiger partial charge in [0.1, 0.15) is 16.0 Å². The Hall–Kier alpha value is -1.63. The average Bonchev–Trinajstić information content (AvgIpc) is 2.86. The van der Waals surface area contributed by atoms with Gasteiger partial charge in [0, 0.05) is 5.54 Å². The van der Waals surface area contributed by atoms with Crippen LogP contribution in [0, 0.1) is 0 Å². The smallest absolute Gasteiger partial charge is 0.371 e. The summed E-state index contributed by atoms with van der Waals surface area (Å²) in [4.78, 5) is 22.7. The van der Waals surface area contributed by atoms with E-state index in [1.807, 2.05) is 20.8 Å². The fourth-order valence-corrected chi connectivity index (χ4v) is 2.31. The number of carboxylic acid groups (broad SMARTS) is 1. The number of carboxylic acids is 1. The Labute approximate surface area is 120 Å². The number of carbonyl (C=O) groups is 2. The van der Waals surface area contributed by atoms with E-state index >= 15 is 0 Å². The molecule has 2 unspecified atom stereocenters. The Bertz CT molecular complexity index is 535. The number of hydrogen-bond donors (Lipinski definition) is 2. The molecule has 1 amide bonds. The van der Waals surface area contributed by atoms with E-state index < -0.39 is 22.0 Å². The third kappa shape index (κ3) is 3.93. The van der Waals surface area contributed by atoms with Crippen molar-refractivity contribution in [3.05, 3.63) is 17.9 Å². The Morgan fingerprint density at radius 3 is 2.50 bits per heavy atom. The lowest BCUT2D eigenvalue weighted by atomic mass is 10.0. The molecule has 0 aliphatic heterocycles. The first-order valence-corrected chi connectivity index (χ1v) is 7.45. The van der Waals surface area contributed by atoms with Crippen molar-refractivity contribution in [3.8, 4) is 0 Å². The van der Waals surface area contributed by atoms with Crippen molar-refractivity contribution < 1.29 is 23.3 Å². The molecule has 0 spiro atoms. The molecule has 2 atom stereocenters. The van der Waals surface area contributed by atoms with E-state index in [-0.39, 0.29) is 22.3 Å². The molecule has 7 heteroatoms. The zero-order valence-electron chi connectivity index (χ0n) is 11.9. The molecule has 1 rings (SSSR count). The highest BCUT2D eigenvalue weighted by molar-refractivity contribution is 7.86. The van der Waals surface area contributed by atoms with Crippen LogP contribution in [0.4, 0.5) is 0 Å². The van der Waals surface area contributed by atoms with Crippen molar-refractivity contribution in [1.29, 1.82) is 0 Å². The van der Waals surface area contributed by atoms with Gasteiger partial charge in [-0.05, 0) is 39.3 Å². The summed E-state index contributed by atoms with van der Waals surface area (Å²) in [5.41, 5.74) is -0.384. The summed E-state index contributed by atoms with van der Waals surface area (Å²) in [6.45, 7) is 7.19. The standard InChI is InChI=1S/C13H19NO5S/c1-5-13(3,4)14-11(15)8(2)20(18)10-7-6-9(19-10)12(16)17/h6-8H,5H2,1-4H3,(H,14,15)(H,16,17). The molecular formula is C13H19NO5S. The van der Waals surface area contributed by atoms with Crippen LogP contribution < -0.4 is 5.32 Å². The van der Waals surface area contributed by atoms with Crippen LogP contribution in [-0.2, 0) is 15.6 Å². The minimum absolute atomic E-state index is 0.0145. The molecule has 0 radical (unpaired) electrons. The quantitative estimate of drug-likeness (QED) is 0.834. The van der Waals surface area contributed by atoms with Crippen LogP contribution >= 0.6 is 0 Å². The maximum absolute atomic E-state index is 12.2. The first-order chi connectivity index (χ1) is 9.18. The maximum Gasteiger partial charge on any atom is 0.371 e. The molecule has 20 heavy (non-hydrogen) atoms. The van der Waals surface area contributed by atoms with Crippen molar-refractivity contribution in [2.24, 2.45) is 0 Å². The van der Waals surface area contributed by atoms with Crippen LogP contribution in [0.2, 0.25) is 0 Å². The van der Waals surface area contributed by atoms with Crippen LogP contribution in [-0.4, -0.2) is 32.0 Å². The minimum Gasteiger partial charge on any atom is -0.475 e. The van der Waals surface area contributed by atoms with Gasteiger partial charge in [0.2, 0.25) is 11.7 Å². The second-order valence-electron chi connectivity index (χ2n) is 5.09. The summed E-state index contributed by atoms with van der Waals surface area (Å²) in [6.07, 6.45) is 0.738. The number of nitrogens with one attached hydrogen (secondary N) is 1. The predicted octanol–water partition coefficient (Wildman–Crippen LogP) is 1.78. The van der Waals surface area contributed by atoms with Crippen molar-refractivity contribution >= 4 is 22.7 Å². The first kappa shape index (κ1) is 16.4. The Morgan fingerprint density at radius 1 is 1.45 bits per heavy atom. The summed E-state index contributed by atoms with van der Waals surface area (Å²) >= 11 is 0. The van der Waals surface area contributed by atoms with E-state index in [9.17, 15) is 13.8 Å². The van der Waals surface area contributed by atoms with Crippen molar-refractivity contribution in [2.75, 3.05) is 0 Å². The highest BCUT2D eigenvalue weighted by Gasteiger charge is 2.28. The van der Waals surface area contributed by atoms with E-state index in [1.54, 1.807) is 0 Å². The number of carbonyl (C=O) groups excluding carboxylic acids is 1. The van der Waals surface area contributed by atoms with Gasteiger partial charge in [0.05, 0.1) is 0 Å². The molecule has 112 valence electrons. The number of rotatable bonds is 6. The Balaban J connectivity index is 2.80. The molecule has 0 aliphatic carbocycles. The molecule has 6 nitrogen and oxygen atoms in total. The molecule has 0 bridgehead atoms. The van der Waals surface area contributed by atoms with E-state index in [4.69, 9.17) is 9.52 Å². The van der Waals surface area contributed by atoms with Gasteiger partial charge in [0.25, 0.3) is 0 Å². The normalized spacial score (nSPS) is 14.6. The number of amides is 1. The van der Waals surface area contributed by atoms with Gasteiger partial charge < -0.3 is 14.8 Å². The fraction of sp³-hybridized carbons (Fsp3) is 0.538. The number of aromatic carboxylic acids is 1. The highest BCUT2D eigenvalue weighted by Crippen LogP contribution is 2.17. The van der Waals surface area contributed by atoms with Gasteiger partial charge >= 0.3 is 5.97 Å². The summed E-state index contributed by atoms with van der Waals surface area (Å²) in [6, 6.07) is 2.53. The minimum atomic E-state index is -1.73. The van der Waals surface area contributed by atoms with Crippen LogP contribution in [0.5, 0.6) is 0 Å². The van der Waals surface area contributed by atoms with E-state index in [0.717, 1.165) is 6.42 Å². The molecule has 1 aromatic heterocycles. The molecule has 1 aromatic rings. The second kappa shape index (κ2) is 6.21. The lowest BCUT2D eigenvalue weighted by Crippen LogP contribution is -2.47. The molecule has 0 aliphatic rings. The van der Waals surface area contributed by atoms with Crippen LogP contribution in [0.15, 0.2) is 21.6 Å². The molecule has 0 aromatic carbocycles. The number of furan rings is 1. The monoisotopic (exact) mass is 301 g/mol. The third-order valence-electron chi connectivity index (χ3n) is 3.03. The maximum atomic E-state index is 12.2.